The molecule has 2 nitrogen and oxygen atoms in total. The number of hydrogen-bond donors (Lipinski definition) is 0. The maximum absolute atomic E-state index is 5.99. The summed E-state index contributed by atoms with van der Waals surface area (Å²) in [6.45, 7) is 6.00. The van der Waals surface area contributed by atoms with Crippen molar-refractivity contribution in [3.8, 4) is 11.1 Å². The molecule has 0 spiro atoms. The second-order valence-electron chi connectivity index (χ2n) is 6.15. The van der Waals surface area contributed by atoms with Crippen LogP contribution in [0.15, 0.2) is 54.6 Å². The molecule has 0 saturated heterocycles. The van der Waals surface area contributed by atoms with E-state index in [0.717, 1.165) is 38.9 Å². The van der Waals surface area contributed by atoms with Gasteiger partial charge in [-0.1, -0.05) is 86.5 Å². The van der Waals surface area contributed by atoms with Crippen LogP contribution in [0.4, 0.5) is 0 Å². The van der Waals surface area contributed by atoms with Gasteiger partial charge in [-0.25, -0.2) is 0 Å². The molecule has 0 aliphatic heterocycles. The Labute approximate surface area is 149 Å². The highest BCUT2D eigenvalue weighted by Gasteiger charge is 2.11. The molecule has 2 aromatic rings. The number of hydrogen-bond acceptors (Lipinski definition) is 2. The summed E-state index contributed by atoms with van der Waals surface area (Å²) < 4.78 is 12.0. The average molecular weight is 343 g/mol. The zero-order valence-electron chi connectivity index (χ0n) is 15.0. The van der Waals surface area contributed by atoms with Gasteiger partial charge in [0.25, 0.3) is 0 Å². The number of benzene rings is 2. The first kappa shape index (κ1) is 18.9. The lowest BCUT2D eigenvalue weighted by atomic mass is 10.1. The summed E-state index contributed by atoms with van der Waals surface area (Å²) in [6, 6.07) is 19.4. The monoisotopic (exact) mass is 342 g/mol. The van der Waals surface area contributed by atoms with E-state index in [1.165, 1.54) is 16.3 Å². The van der Waals surface area contributed by atoms with Crippen LogP contribution in [0.5, 0.6) is 0 Å². The summed E-state index contributed by atoms with van der Waals surface area (Å²) >= 11 is 0. The summed E-state index contributed by atoms with van der Waals surface area (Å²) in [4.78, 5) is 0. The number of rotatable bonds is 11. The van der Waals surface area contributed by atoms with Crippen molar-refractivity contribution in [2.24, 2.45) is 0 Å². The van der Waals surface area contributed by atoms with Crippen molar-refractivity contribution < 1.29 is 9.47 Å². The Morgan fingerprint density at radius 1 is 0.750 bits per heavy atom. The topological polar surface area (TPSA) is 18.5 Å². The summed E-state index contributed by atoms with van der Waals surface area (Å²) in [7, 11) is -0.594. The second kappa shape index (κ2) is 11.2. The summed E-state index contributed by atoms with van der Waals surface area (Å²) in [5, 5.41) is 1.40. The van der Waals surface area contributed by atoms with E-state index in [-0.39, 0.29) is 5.91 Å². The van der Waals surface area contributed by atoms with E-state index >= 15 is 0 Å². The first-order valence-electron chi connectivity index (χ1n) is 9.21. The summed E-state index contributed by atoms with van der Waals surface area (Å²) in [5.41, 5.74) is 2.53. The van der Waals surface area contributed by atoms with Crippen LogP contribution in [-0.2, 0) is 9.47 Å². The summed E-state index contributed by atoms with van der Waals surface area (Å²) in [6.07, 6.45) is 4.54. The van der Waals surface area contributed by atoms with Gasteiger partial charge in [-0.3, -0.25) is 0 Å². The molecule has 0 aliphatic carbocycles. The lowest BCUT2D eigenvalue weighted by Gasteiger charge is -2.18. The molecular formula is C21H30O2Si. The number of unbranched alkanes of at least 4 members (excludes halogenated alkanes) is 2. The van der Waals surface area contributed by atoms with E-state index in [1.54, 1.807) is 0 Å². The molecule has 0 aliphatic rings. The van der Waals surface area contributed by atoms with Gasteiger partial charge in [0.2, 0.25) is 0 Å². The molecule has 0 N–H and O–H groups in total. The van der Waals surface area contributed by atoms with E-state index in [0.29, 0.717) is 0 Å². The first-order valence-corrected chi connectivity index (χ1v) is 10.7. The Bertz CT molecular complexity index is 544. The molecule has 0 radical (unpaired) electrons. The minimum Gasteiger partial charge on any atom is -0.357 e. The van der Waals surface area contributed by atoms with Crippen molar-refractivity contribution in [1.82, 2.24) is 0 Å². The maximum Gasteiger partial charge on any atom is 0.139 e. The van der Waals surface area contributed by atoms with Crippen LogP contribution in [0.2, 0.25) is 0 Å². The predicted molar refractivity (Wildman–Crippen MR) is 106 cm³/mol. The third-order valence-corrected chi connectivity index (χ3v) is 5.81. The highest BCUT2D eigenvalue weighted by atomic mass is 28.2. The zero-order valence-corrected chi connectivity index (χ0v) is 16.5. The van der Waals surface area contributed by atoms with Crippen molar-refractivity contribution >= 4 is 14.7 Å². The molecule has 24 heavy (non-hydrogen) atoms. The Balaban J connectivity index is 1.94. The predicted octanol–water partition coefficient (Wildman–Crippen LogP) is 4.06. The lowest BCUT2D eigenvalue weighted by Crippen LogP contribution is -2.33. The normalized spacial score (nSPS) is 11.6. The van der Waals surface area contributed by atoms with Crippen LogP contribution >= 0.6 is 0 Å². The van der Waals surface area contributed by atoms with Gasteiger partial charge < -0.3 is 9.47 Å². The van der Waals surface area contributed by atoms with Crippen molar-refractivity contribution in [2.45, 2.75) is 45.4 Å². The molecule has 0 aromatic heterocycles. The molecule has 0 atom stereocenters. The lowest BCUT2D eigenvalue weighted by molar-refractivity contribution is -0.0910. The van der Waals surface area contributed by atoms with Gasteiger partial charge in [-0.2, -0.15) is 0 Å². The fourth-order valence-corrected chi connectivity index (χ4v) is 4.00. The largest absolute Gasteiger partial charge is 0.357 e. The second-order valence-corrected chi connectivity index (χ2v) is 8.04. The smallest absolute Gasteiger partial charge is 0.139 e. The third kappa shape index (κ3) is 6.60. The van der Waals surface area contributed by atoms with Gasteiger partial charge in [0.05, 0.1) is 0 Å². The fourth-order valence-electron chi connectivity index (χ4n) is 2.54. The van der Waals surface area contributed by atoms with Crippen molar-refractivity contribution in [2.75, 3.05) is 13.2 Å². The van der Waals surface area contributed by atoms with Crippen LogP contribution in [-0.4, -0.2) is 28.6 Å². The minimum atomic E-state index is -0.594. The maximum atomic E-state index is 5.99. The Morgan fingerprint density at radius 3 is 1.83 bits per heavy atom. The zero-order chi connectivity index (χ0) is 17.0. The quantitative estimate of drug-likeness (QED) is 0.348. The van der Waals surface area contributed by atoms with Crippen LogP contribution < -0.4 is 5.19 Å². The first-order chi connectivity index (χ1) is 11.8. The van der Waals surface area contributed by atoms with Crippen LogP contribution in [0.3, 0.4) is 0 Å². The molecule has 130 valence electrons. The molecule has 0 bridgehead atoms. The number of ether oxygens (including phenoxy) is 2. The Morgan fingerprint density at radius 2 is 1.29 bits per heavy atom. The highest BCUT2D eigenvalue weighted by Crippen LogP contribution is 2.17. The Kier molecular flexibility index (Phi) is 8.81. The van der Waals surface area contributed by atoms with E-state index < -0.39 is 9.52 Å². The van der Waals surface area contributed by atoms with Crippen molar-refractivity contribution in [3.63, 3.8) is 0 Å². The molecule has 0 amide bonds. The summed E-state index contributed by atoms with van der Waals surface area (Å²) in [5.74, 6) is 0.00525. The molecule has 2 rings (SSSR count). The van der Waals surface area contributed by atoms with Crippen molar-refractivity contribution in [1.29, 1.82) is 0 Å². The highest BCUT2D eigenvalue weighted by molar-refractivity contribution is 6.54. The van der Waals surface area contributed by atoms with Crippen LogP contribution in [0.25, 0.3) is 11.1 Å². The van der Waals surface area contributed by atoms with Gasteiger partial charge in [0.1, 0.15) is 15.4 Å². The molecule has 3 heteroatoms. The van der Waals surface area contributed by atoms with E-state index in [9.17, 15) is 0 Å². The van der Waals surface area contributed by atoms with Crippen molar-refractivity contribution in [3.05, 3.63) is 54.6 Å². The van der Waals surface area contributed by atoms with Crippen LogP contribution in [0, 0.1) is 0 Å². The van der Waals surface area contributed by atoms with Gasteiger partial charge >= 0.3 is 0 Å². The Hall–Kier alpha value is -1.42. The van der Waals surface area contributed by atoms with Gasteiger partial charge in [0, 0.05) is 13.2 Å². The third-order valence-electron chi connectivity index (χ3n) is 4.07. The molecule has 0 heterocycles. The van der Waals surface area contributed by atoms with E-state index in [2.05, 4.69) is 68.4 Å². The molecule has 0 fully saturated rings. The molecule has 0 unspecified atom stereocenters. The molecule has 0 saturated carbocycles. The average Bonchev–Trinajstić information content (AvgIpc) is 2.63. The SMILES string of the molecule is CCCCOC(OCCCC)[SiH2]c1ccc(-c2ccccc2)cc1. The van der Waals surface area contributed by atoms with Gasteiger partial charge in [-0.15, -0.1) is 0 Å². The fraction of sp³-hybridized carbons (Fsp3) is 0.429. The minimum absolute atomic E-state index is 0.00525. The van der Waals surface area contributed by atoms with Crippen LogP contribution in [0.1, 0.15) is 39.5 Å². The van der Waals surface area contributed by atoms with E-state index in [1.807, 2.05) is 0 Å². The standard InChI is InChI=1S/C21H30O2Si/c1-3-5-16-22-21(23-17-6-4-2)24-20-14-12-19(13-15-20)18-10-8-7-9-11-18/h7-15,21H,3-6,16-17,24H2,1-2H3. The van der Waals surface area contributed by atoms with Gasteiger partial charge in [-0.05, 0) is 24.0 Å². The molecule has 2 aromatic carbocycles. The van der Waals surface area contributed by atoms with Gasteiger partial charge in [0.15, 0.2) is 0 Å². The molecular weight excluding hydrogens is 312 g/mol. The van der Waals surface area contributed by atoms with E-state index in [4.69, 9.17) is 9.47 Å².